The normalized spacial score (nSPS) is 11.4. The van der Waals surface area contributed by atoms with Gasteiger partial charge in [0.2, 0.25) is 0 Å². The van der Waals surface area contributed by atoms with Crippen LogP contribution in [0.4, 0.5) is 5.82 Å². The second-order valence-electron chi connectivity index (χ2n) is 3.41. The molecule has 1 N–H and O–H groups in total. The van der Waals surface area contributed by atoms with Gasteiger partial charge in [-0.25, -0.2) is 8.42 Å². The summed E-state index contributed by atoms with van der Waals surface area (Å²) in [6.07, 6.45) is 1.66. The molecule has 0 saturated carbocycles. The molecule has 0 spiro atoms. The van der Waals surface area contributed by atoms with Gasteiger partial charge in [-0.2, -0.15) is 5.10 Å². The van der Waals surface area contributed by atoms with E-state index in [4.69, 9.17) is 0 Å². The number of nitrogens with zero attached hydrogens (tertiary/aromatic N) is 2. The van der Waals surface area contributed by atoms with Crippen LogP contribution in [-0.4, -0.2) is 18.2 Å². The van der Waals surface area contributed by atoms with Crippen LogP contribution in [0.15, 0.2) is 45.9 Å². The van der Waals surface area contributed by atoms with Gasteiger partial charge in [0.25, 0.3) is 10.0 Å². The lowest BCUT2D eigenvalue weighted by molar-refractivity contribution is 0.600. The lowest BCUT2D eigenvalue weighted by atomic mass is 10.4. The zero-order chi connectivity index (χ0) is 12.5. The summed E-state index contributed by atoms with van der Waals surface area (Å²) in [5.74, 6) is 0.295. The Morgan fingerprint density at radius 3 is 2.59 bits per heavy atom. The van der Waals surface area contributed by atoms with E-state index in [1.807, 2.05) is 0 Å². The van der Waals surface area contributed by atoms with Crippen LogP contribution in [0.1, 0.15) is 0 Å². The average Bonchev–Trinajstić information content (AvgIpc) is 2.63. The SMILES string of the molecule is Cn1ccc(NS(=O)(=O)c2ccccc2Br)n1. The Bertz CT molecular complexity index is 637. The zero-order valence-electron chi connectivity index (χ0n) is 8.96. The molecular formula is C10H10BrN3O2S. The minimum absolute atomic E-state index is 0.186. The Kier molecular flexibility index (Phi) is 3.21. The average molecular weight is 316 g/mol. The summed E-state index contributed by atoms with van der Waals surface area (Å²) in [5.41, 5.74) is 0. The van der Waals surface area contributed by atoms with E-state index in [0.29, 0.717) is 10.3 Å². The minimum atomic E-state index is -3.60. The van der Waals surface area contributed by atoms with Crippen LogP contribution in [0.25, 0.3) is 0 Å². The van der Waals surface area contributed by atoms with Crippen LogP contribution in [0.2, 0.25) is 0 Å². The van der Waals surface area contributed by atoms with Crippen LogP contribution < -0.4 is 4.72 Å². The number of hydrogen-bond acceptors (Lipinski definition) is 3. The molecule has 1 aromatic heterocycles. The number of anilines is 1. The third-order valence-corrected chi connectivity index (χ3v) is 4.45. The first-order valence-electron chi connectivity index (χ1n) is 4.76. The third-order valence-electron chi connectivity index (χ3n) is 2.08. The van der Waals surface area contributed by atoms with Gasteiger partial charge >= 0.3 is 0 Å². The third kappa shape index (κ3) is 2.67. The molecular weight excluding hydrogens is 306 g/mol. The minimum Gasteiger partial charge on any atom is -0.274 e. The number of nitrogens with one attached hydrogen (secondary N) is 1. The van der Waals surface area contributed by atoms with Crippen LogP contribution in [0.3, 0.4) is 0 Å². The van der Waals surface area contributed by atoms with Gasteiger partial charge in [0.1, 0.15) is 4.90 Å². The van der Waals surface area contributed by atoms with Crippen LogP contribution in [-0.2, 0) is 17.1 Å². The highest BCUT2D eigenvalue weighted by molar-refractivity contribution is 9.10. The summed E-state index contributed by atoms with van der Waals surface area (Å²) in [6, 6.07) is 8.21. The van der Waals surface area contributed by atoms with E-state index >= 15 is 0 Å². The van der Waals surface area contributed by atoms with Gasteiger partial charge in [-0.3, -0.25) is 9.40 Å². The van der Waals surface area contributed by atoms with Crippen LogP contribution in [0, 0.1) is 0 Å². The molecule has 0 saturated heterocycles. The number of hydrogen-bond donors (Lipinski definition) is 1. The molecule has 17 heavy (non-hydrogen) atoms. The summed E-state index contributed by atoms with van der Waals surface area (Å²) >= 11 is 3.21. The van der Waals surface area contributed by atoms with Crippen molar-refractivity contribution in [2.24, 2.45) is 7.05 Å². The molecule has 7 heteroatoms. The maximum absolute atomic E-state index is 12.0. The van der Waals surface area contributed by atoms with Gasteiger partial charge in [-0.15, -0.1) is 0 Å². The molecule has 0 amide bonds. The number of benzene rings is 1. The predicted octanol–water partition coefficient (Wildman–Crippen LogP) is 1.98. The second kappa shape index (κ2) is 4.50. The van der Waals surface area contributed by atoms with Gasteiger partial charge < -0.3 is 0 Å². The lowest BCUT2D eigenvalue weighted by Crippen LogP contribution is -2.14. The quantitative estimate of drug-likeness (QED) is 0.942. The fourth-order valence-corrected chi connectivity index (χ4v) is 3.33. The second-order valence-corrected chi connectivity index (χ2v) is 5.92. The van der Waals surface area contributed by atoms with Crippen molar-refractivity contribution >= 4 is 31.8 Å². The number of halogens is 1. The Morgan fingerprint density at radius 1 is 1.29 bits per heavy atom. The van der Waals surface area contributed by atoms with Gasteiger partial charge in [-0.05, 0) is 28.1 Å². The molecule has 2 rings (SSSR count). The summed E-state index contributed by atoms with van der Waals surface area (Å²) < 4.78 is 28.5. The molecule has 0 bridgehead atoms. The maximum atomic E-state index is 12.0. The molecule has 0 atom stereocenters. The maximum Gasteiger partial charge on any atom is 0.264 e. The largest absolute Gasteiger partial charge is 0.274 e. The van der Waals surface area contributed by atoms with Crippen molar-refractivity contribution in [3.05, 3.63) is 41.0 Å². The van der Waals surface area contributed by atoms with Gasteiger partial charge in [0.05, 0.1) is 0 Å². The fourth-order valence-electron chi connectivity index (χ4n) is 1.32. The molecule has 0 unspecified atom stereocenters. The van der Waals surface area contributed by atoms with E-state index < -0.39 is 10.0 Å². The first-order chi connectivity index (χ1) is 7.99. The van der Waals surface area contributed by atoms with Gasteiger partial charge in [0.15, 0.2) is 5.82 Å². The van der Waals surface area contributed by atoms with Gasteiger partial charge in [0, 0.05) is 23.8 Å². The van der Waals surface area contributed by atoms with Crippen LogP contribution in [0.5, 0.6) is 0 Å². The Balaban J connectivity index is 2.35. The van der Waals surface area contributed by atoms with Crippen molar-refractivity contribution in [1.29, 1.82) is 0 Å². The molecule has 1 heterocycles. The summed E-state index contributed by atoms with van der Waals surface area (Å²) in [6.45, 7) is 0. The number of aryl methyl sites for hydroxylation is 1. The number of rotatable bonds is 3. The highest BCUT2D eigenvalue weighted by Crippen LogP contribution is 2.22. The highest BCUT2D eigenvalue weighted by atomic mass is 79.9. The van der Waals surface area contributed by atoms with Crippen molar-refractivity contribution in [1.82, 2.24) is 9.78 Å². The van der Waals surface area contributed by atoms with E-state index in [0.717, 1.165) is 0 Å². The molecule has 0 fully saturated rings. The highest BCUT2D eigenvalue weighted by Gasteiger charge is 2.17. The van der Waals surface area contributed by atoms with Gasteiger partial charge in [-0.1, -0.05) is 12.1 Å². The van der Waals surface area contributed by atoms with E-state index in [1.165, 1.54) is 10.7 Å². The fraction of sp³-hybridized carbons (Fsp3) is 0.100. The summed E-state index contributed by atoms with van der Waals surface area (Å²) in [5, 5.41) is 3.96. The van der Waals surface area contributed by atoms with Crippen molar-refractivity contribution < 1.29 is 8.42 Å². The number of sulfonamides is 1. The molecule has 1 aromatic carbocycles. The monoisotopic (exact) mass is 315 g/mol. The molecule has 5 nitrogen and oxygen atoms in total. The molecule has 0 aliphatic rings. The van der Waals surface area contributed by atoms with E-state index in [-0.39, 0.29) is 4.90 Å². The molecule has 0 aliphatic carbocycles. The van der Waals surface area contributed by atoms with E-state index in [2.05, 4.69) is 25.8 Å². The van der Waals surface area contributed by atoms with Crippen LogP contribution >= 0.6 is 15.9 Å². The summed E-state index contributed by atoms with van der Waals surface area (Å²) in [7, 11) is -1.88. The Morgan fingerprint density at radius 2 is 2.00 bits per heavy atom. The first kappa shape index (κ1) is 12.1. The number of aromatic nitrogens is 2. The van der Waals surface area contributed by atoms with Crippen molar-refractivity contribution in [3.8, 4) is 0 Å². The predicted molar refractivity (Wildman–Crippen MR) is 68.2 cm³/mol. The molecule has 2 aromatic rings. The molecule has 90 valence electrons. The zero-order valence-corrected chi connectivity index (χ0v) is 11.4. The topological polar surface area (TPSA) is 64.0 Å². The van der Waals surface area contributed by atoms with Crippen molar-refractivity contribution in [2.75, 3.05) is 4.72 Å². The van der Waals surface area contributed by atoms with Crippen molar-refractivity contribution in [3.63, 3.8) is 0 Å². The van der Waals surface area contributed by atoms with Crippen molar-refractivity contribution in [2.45, 2.75) is 4.90 Å². The van der Waals surface area contributed by atoms with E-state index in [1.54, 1.807) is 37.5 Å². The summed E-state index contributed by atoms with van der Waals surface area (Å²) in [4.78, 5) is 0.186. The Hall–Kier alpha value is -1.34. The lowest BCUT2D eigenvalue weighted by Gasteiger charge is -2.06. The Labute approximate surface area is 108 Å². The smallest absolute Gasteiger partial charge is 0.264 e. The standard InChI is InChI=1S/C10H10BrN3O2S/c1-14-7-6-10(12-14)13-17(15,16)9-5-3-2-4-8(9)11/h2-7H,1H3,(H,12,13). The van der Waals surface area contributed by atoms with E-state index in [9.17, 15) is 8.42 Å². The first-order valence-corrected chi connectivity index (χ1v) is 7.04. The molecule has 0 radical (unpaired) electrons. The molecule has 0 aliphatic heterocycles.